The van der Waals surface area contributed by atoms with Crippen LogP contribution < -0.4 is 4.90 Å². The Bertz CT molecular complexity index is 4650. The summed E-state index contributed by atoms with van der Waals surface area (Å²) >= 11 is 0. The van der Waals surface area contributed by atoms with Gasteiger partial charge in [0.1, 0.15) is 0 Å². The molecule has 10 aromatic carbocycles. The summed E-state index contributed by atoms with van der Waals surface area (Å²) in [6.07, 6.45) is 0. The fraction of sp³-hybridized carbons (Fsp3) is 0. The number of benzene rings is 10. The predicted octanol–water partition coefficient (Wildman–Crippen LogP) is 16.1. The van der Waals surface area contributed by atoms with E-state index >= 15 is 0 Å². The second-order valence-corrected chi connectivity index (χ2v) is 13.4. The molecular weight excluding hydrogens is 725 g/mol. The Kier molecular flexibility index (Phi) is 4.51. The number of anilines is 3. The molecule has 60 heavy (non-hydrogen) atoms. The van der Waals surface area contributed by atoms with E-state index in [9.17, 15) is 16.4 Å². The zero-order valence-electron chi connectivity index (χ0n) is 56.1. The first-order valence-corrected chi connectivity index (χ1v) is 18.6. The van der Waals surface area contributed by atoms with Crippen LogP contribution in [0.3, 0.4) is 0 Å². The van der Waals surface area contributed by atoms with Crippen molar-refractivity contribution in [2.24, 2.45) is 0 Å². The quantitative estimate of drug-likeness (QED) is 0.149. The molecule has 0 fully saturated rings. The molecule has 1 aromatic heterocycles. The second kappa shape index (κ2) is 15.1. The van der Waals surface area contributed by atoms with Crippen LogP contribution in [0.4, 0.5) is 17.1 Å². The van der Waals surface area contributed by atoms with Crippen molar-refractivity contribution < 1.29 is 34.3 Å². The molecule has 0 aliphatic rings. The van der Waals surface area contributed by atoms with Crippen LogP contribution in [0.15, 0.2) is 242 Å². The van der Waals surface area contributed by atoms with Crippen LogP contribution >= 0.6 is 0 Å². The van der Waals surface area contributed by atoms with Crippen LogP contribution in [0.1, 0.15) is 34.3 Å². The molecule has 0 amide bonds. The van der Waals surface area contributed by atoms with Crippen molar-refractivity contribution in [3.8, 4) is 50.2 Å². The molecule has 0 radical (unpaired) electrons. The molecule has 0 spiro atoms. The molecular formula is C58H40N2. The maximum Gasteiger partial charge on any atom is 0.0645 e. The molecule has 1 heterocycles. The van der Waals surface area contributed by atoms with Crippen molar-refractivity contribution in [3.63, 3.8) is 0 Å². The lowest BCUT2D eigenvalue weighted by Gasteiger charge is -2.29. The van der Waals surface area contributed by atoms with Crippen LogP contribution in [0.25, 0.3) is 82.8 Å². The maximum absolute atomic E-state index is 9.93. The smallest absolute Gasteiger partial charge is 0.0645 e. The Balaban J connectivity index is 1.27. The largest absolute Gasteiger partial charge is 0.310 e. The van der Waals surface area contributed by atoms with E-state index in [-0.39, 0.29) is 11.1 Å². The Hall–Kier alpha value is -7.94. The molecule has 0 saturated carbocycles. The van der Waals surface area contributed by atoms with Crippen LogP contribution in [0.2, 0.25) is 0 Å². The predicted molar refractivity (Wildman–Crippen MR) is 255 cm³/mol. The van der Waals surface area contributed by atoms with E-state index in [2.05, 4.69) is 4.57 Å². The van der Waals surface area contributed by atoms with E-state index in [0.29, 0.717) is 15.8 Å². The van der Waals surface area contributed by atoms with Gasteiger partial charge in [0, 0.05) is 33.1 Å². The van der Waals surface area contributed by atoms with E-state index in [4.69, 9.17) is 17.8 Å². The van der Waals surface area contributed by atoms with Gasteiger partial charge in [-0.25, -0.2) is 0 Å². The zero-order valence-corrected chi connectivity index (χ0v) is 31.1. The SMILES string of the molecule is [2H]c1c(-c2c([2H])c([2H])c([2H])c([2H])c2[2H])cc(-c2c([2H])c([2H])c([2H])c([2H])c2[2H])c(N(c2c([2H])c([2H])c(-c3ccc4c(c3)c3ccccc3n4-c3cccc4ccccc34)c([2H])c2[2H])c2c([2H])c([2H])c(-c3c([2H])c([2H])c([2H])c([2H])c3[2H])c([2H])c2[2H])c1[2H]. The Labute approximate surface area is 385 Å². The van der Waals surface area contributed by atoms with Crippen molar-refractivity contribution >= 4 is 49.6 Å². The van der Waals surface area contributed by atoms with Gasteiger partial charge >= 0.3 is 0 Å². The minimum atomic E-state index is -1.18. The van der Waals surface area contributed by atoms with Gasteiger partial charge < -0.3 is 9.47 Å². The lowest BCUT2D eigenvalue weighted by Crippen LogP contribution is -2.11. The summed E-state index contributed by atoms with van der Waals surface area (Å²) in [5.74, 6) is 0. The topological polar surface area (TPSA) is 8.17 Å². The normalized spacial score (nSPS) is 17.2. The van der Waals surface area contributed by atoms with Crippen molar-refractivity contribution in [3.05, 3.63) is 242 Å². The van der Waals surface area contributed by atoms with Gasteiger partial charge in [-0.15, -0.1) is 0 Å². The van der Waals surface area contributed by atoms with Gasteiger partial charge in [-0.2, -0.15) is 0 Å². The van der Waals surface area contributed by atoms with Crippen LogP contribution in [0, 0.1) is 0 Å². The van der Waals surface area contributed by atoms with E-state index in [0.717, 1.165) is 33.4 Å². The van der Waals surface area contributed by atoms with E-state index in [1.54, 1.807) is 18.2 Å². The summed E-state index contributed by atoms with van der Waals surface area (Å²) in [6.45, 7) is 0. The number of nitrogens with zero attached hydrogens (tertiary/aromatic N) is 2. The third kappa shape index (κ3) is 6.32. The first-order valence-electron chi connectivity index (χ1n) is 31.1. The fourth-order valence-electron chi connectivity index (χ4n) is 7.32. The lowest BCUT2D eigenvalue weighted by atomic mass is 9.96. The minimum absolute atomic E-state index is 0.160. The highest BCUT2D eigenvalue weighted by Crippen LogP contribution is 2.44. The molecule has 0 aliphatic carbocycles. The number of para-hydroxylation sites is 1. The van der Waals surface area contributed by atoms with E-state index < -0.39 is 202 Å². The first-order chi connectivity index (χ1) is 40.2. The number of aromatic nitrogens is 1. The van der Waals surface area contributed by atoms with Crippen LogP contribution in [-0.4, -0.2) is 4.57 Å². The van der Waals surface area contributed by atoms with Crippen molar-refractivity contribution in [2.45, 2.75) is 0 Å². The molecule has 0 aliphatic heterocycles. The highest BCUT2D eigenvalue weighted by atomic mass is 15.1. The molecule has 282 valence electrons. The summed E-state index contributed by atoms with van der Waals surface area (Å²) in [4.78, 5) is 0.528. The Morgan fingerprint density at radius 1 is 0.350 bits per heavy atom. The summed E-state index contributed by atoms with van der Waals surface area (Å²) in [5.41, 5.74) is -5.30. The average Bonchev–Trinajstić information content (AvgIpc) is 1.23. The lowest BCUT2D eigenvalue weighted by molar-refractivity contribution is 1.20. The number of hydrogen-bond donors (Lipinski definition) is 0. The van der Waals surface area contributed by atoms with Gasteiger partial charge in [0.2, 0.25) is 0 Å². The summed E-state index contributed by atoms with van der Waals surface area (Å²) < 4.78 is 229. The number of rotatable bonds is 8. The van der Waals surface area contributed by atoms with Gasteiger partial charge in [0.15, 0.2) is 0 Å². The molecule has 2 nitrogen and oxygen atoms in total. The summed E-state index contributed by atoms with van der Waals surface area (Å²) in [5, 5.41) is 3.30. The highest BCUT2D eigenvalue weighted by Gasteiger charge is 2.20. The highest BCUT2D eigenvalue weighted by molar-refractivity contribution is 6.11. The Morgan fingerprint density at radius 2 is 0.867 bits per heavy atom. The van der Waals surface area contributed by atoms with Crippen molar-refractivity contribution in [2.75, 3.05) is 4.90 Å². The molecule has 0 bridgehead atoms. The molecule has 2 heteroatoms. The monoisotopic (exact) mass is 789 g/mol. The second-order valence-electron chi connectivity index (χ2n) is 13.4. The third-order valence-electron chi connectivity index (χ3n) is 10.0. The molecule has 0 atom stereocenters. The molecule has 0 unspecified atom stereocenters. The van der Waals surface area contributed by atoms with Gasteiger partial charge in [-0.1, -0.05) is 182 Å². The maximum atomic E-state index is 9.93. The van der Waals surface area contributed by atoms with Gasteiger partial charge in [0.25, 0.3) is 0 Å². The van der Waals surface area contributed by atoms with Gasteiger partial charge in [-0.3, -0.25) is 0 Å². The summed E-state index contributed by atoms with van der Waals surface area (Å²) in [6, 6.07) is 2.97. The third-order valence-corrected chi connectivity index (χ3v) is 10.0. The number of fused-ring (bicyclic) bond motifs is 4. The van der Waals surface area contributed by atoms with Crippen LogP contribution in [-0.2, 0) is 0 Å². The Morgan fingerprint density at radius 3 is 1.55 bits per heavy atom. The van der Waals surface area contributed by atoms with Crippen LogP contribution in [0.5, 0.6) is 0 Å². The molecule has 0 N–H and O–H groups in total. The first kappa shape index (κ1) is 17.9. The number of hydrogen-bond acceptors (Lipinski definition) is 1. The zero-order chi connectivity index (χ0) is 61.6. The summed E-state index contributed by atoms with van der Waals surface area (Å²) in [7, 11) is 0. The molecule has 11 aromatic rings. The van der Waals surface area contributed by atoms with Crippen molar-refractivity contribution in [1.29, 1.82) is 0 Å². The van der Waals surface area contributed by atoms with E-state index in [1.165, 1.54) is 0 Å². The molecule has 0 saturated heterocycles. The van der Waals surface area contributed by atoms with Gasteiger partial charge in [-0.05, 0) is 105 Å². The van der Waals surface area contributed by atoms with Crippen molar-refractivity contribution in [1.82, 2.24) is 4.57 Å². The minimum Gasteiger partial charge on any atom is -0.310 e. The standard InChI is InChI=1S/C58H40N2/c1-4-15-41(16-5-1)43-27-33-49(34-28-43)59(57-37-31-47(42-17-6-2-7-18-42)39-53(57)46-19-8-3-9-20-46)50-35-29-44(30-36-50)48-32-38-58-54(40-48)52-24-12-13-25-56(52)60(58)55-26-14-22-45-21-10-11-23-51(45)55/h1-40H/i1D,2D,3D,4D,5D,6D,7D,8D,9D,15D,16D,17D,18D,19D,20D,27D,28D,29D,30D,31D,33D,34D,35D,36D,37D. The van der Waals surface area contributed by atoms with Gasteiger partial charge in [0.05, 0.1) is 56.7 Å². The fourth-order valence-corrected chi connectivity index (χ4v) is 7.32. The molecule has 11 rings (SSSR count). The van der Waals surface area contributed by atoms with E-state index in [1.807, 2.05) is 66.7 Å². The average molecular weight is 790 g/mol.